The van der Waals surface area contributed by atoms with E-state index >= 15 is 0 Å². The number of ether oxygens (including phenoxy) is 1. The number of nitrogens with zero attached hydrogens (tertiary/aromatic N) is 3. The molecule has 0 atom stereocenters. The number of benzene rings is 3. The molecule has 6 nitrogen and oxygen atoms in total. The molecule has 6 heteroatoms. The normalized spacial score (nSPS) is 17.3. The van der Waals surface area contributed by atoms with Crippen molar-refractivity contribution in [3.05, 3.63) is 88.9 Å². The standard InChI is InChI=1S/C32H37N3O3/c36-32-35(24-37-23-25-9-3-1-4-10-25)30-16-8-15-29(31(30)38-32)34-19-17-33(18-20-34)22-26-11-7-14-28(21-26)27-12-5-2-6-13-27/h2,5-8,11-16,21,25H,1,3-4,9-10,17-20,22-24H2. The first-order valence-corrected chi connectivity index (χ1v) is 14.1. The highest BCUT2D eigenvalue weighted by molar-refractivity contribution is 5.87. The smallest absolute Gasteiger partial charge is 0.405 e. The maximum absolute atomic E-state index is 12.7. The monoisotopic (exact) mass is 511 g/mol. The summed E-state index contributed by atoms with van der Waals surface area (Å²) in [6.45, 7) is 5.61. The van der Waals surface area contributed by atoms with E-state index in [1.165, 1.54) is 48.8 Å². The van der Waals surface area contributed by atoms with Crippen LogP contribution in [0.2, 0.25) is 0 Å². The molecule has 2 heterocycles. The lowest BCUT2D eigenvalue weighted by atomic mass is 9.90. The van der Waals surface area contributed by atoms with Crippen LogP contribution in [0.3, 0.4) is 0 Å². The number of fused-ring (bicyclic) bond motifs is 1. The molecule has 0 radical (unpaired) electrons. The van der Waals surface area contributed by atoms with E-state index in [0.29, 0.717) is 11.5 Å². The average molecular weight is 512 g/mol. The van der Waals surface area contributed by atoms with Gasteiger partial charge in [-0.3, -0.25) is 4.90 Å². The fourth-order valence-corrected chi connectivity index (χ4v) is 5.99. The molecule has 1 saturated carbocycles. The van der Waals surface area contributed by atoms with Crippen molar-refractivity contribution in [1.82, 2.24) is 9.47 Å². The van der Waals surface area contributed by atoms with Gasteiger partial charge >= 0.3 is 5.76 Å². The Kier molecular flexibility index (Phi) is 7.61. The summed E-state index contributed by atoms with van der Waals surface area (Å²) in [4.78, 5) is 17.6. The zero-order valence-corrected chi connectivity index (χ0v) is 22.1. The summed E-state index contributed by atoms with van der Waals surface area (Å²) in [7, 11) is 0. The van der Waals surface area contributed by atoms with Crippen molar-refractivity contribution in [1.29, 1.82) is 0 Å². The molecule has 198 valence electrons. The van der Waals surface area contributed by atoms with Crippen molar-refractivity contribution in [3.63, 3.8) is 0 Å². The summed E-state index contributed by atoms with van der Waals surface area (Å²) in [5.41, 5.74) is 6.32. The first-order chi connectivity index (χ1) is 18.7. The second-order valence-corrected chi connectivity index (χ2v) is 10.8. The molecule has 1 aromatic heterocycles. The Bertz CT molecular complexity index is 1400. The Balaban J connectivity index is 1.09. The van der Waals surface area contributed by atoms with Gasteiger partial charge in [0.15, 0.2) is 5.58 Å². The van der Waals surface area contributed by atoms with Gasteiger partial charge in [-0.05, 0) is 53.6 Å². The van der Waals surface area contributed by atoms with Gasteiger partial charge in [0.05, 0.1) is 17.8 Å². The van der Waals surface area contributed by atoms with Crippen LogP contribution in [-0.2, 0) is 18.0 Å². The number of anilines is 1. The van der Waals surface area contributed by atoms with Crippen LogP contribution in [0.25, 0.3) is 22.2 Å². The van der Waals surface area contributed by atoms with E-state index in [1.807, 2.05) is 12.1 Å². The average Bonchev–Trinajstić information content (AvgIpc) is 3.30. The van der Waals surface area contributed by atoms with Crippen molar-refractivity contribution in [2.24, 2.45) is 5.92 Å². The van der Waals surface area contributed by atoms with Crippen molar-refractivity contribution < 1.29 is 9.15 Å². The highest BCUT2D eigenvalue weighted by Crippen LogP contribution is 2.28. The van der Waals surface area contributed by atoms with Crippen molar-refractivity contribution >= 4 is 16.8 Å². The van der Waals surface area contributed by atoms with Crippen LogP contribution in [0.5, 0.6) is 0 Å². The molecule has 1 aliphatic carbocycles. The molecule has 2 fully saturated rings. The molecule has 0 N–H and O–H groups in total. The molecule has 1 saturated heterocycles. The second-order valence-electron chi connectivity index (χ2n) is 10.8. The van der Waals surface area contributed by atoms with Gasteiger partial charge in [-0.15, -0.1) is 0 Å². The van der Waals surface area contributed by atoms with Gasteiger partial charge in [0, 0.05) is 32.7 Å². The molecular weight excluding hydrogens is 474 g/mol. The van der Waals surface area contributed by atoms with Crippen LogP contribution in [0.15, 0.2) is 82.0 Å². The molecule has 38 heavy (non-hydrogen) atoms. The summed E-state index contributed by atoms with van der Waals surface area (Å²) in [5.74, 6) is 0.276. The number of hydrogen-bond donors (Lipinski definition) is 0. The van der Waals surface area contributed by atoms with E-state index in [0.717, 1.165) is 50.5 Å². The van der Waals surface area contributed by atoms with Gasteiger partial charge in [0.1, 0.15) is 6.73 Å². The minimum Gasteiger partial charge on any atom is -0.405 e. The van der Waals surface area contributed by atoms with Crippen LogP contribution >= 0.6 is 0 Å². The Labute approximate surface area is 224 Å². The Morgan fingerprint density at radius 3 is 2.39 bits per heavy atom. The lowest BCUT2D eigenvalue weighted by Gasteiger charge is -2.36. The van der Waals surface area contributed by atoms with Crippen molar-refractivity contribution in [3.8, 4) is 11.1 Å². The van der Waals surface area contributed by atoms with E-state index < -0.39 is 0 Å². The summed E-state index contributed by atoms with van der Waals surface area (Å²) < 4.78 is 13.4. The first kappa shape index (κ1) is 25.0. The second kappa shape index (κ2) is 11.6. The number of oxazole rings is 1. The summed E-state index contributed by atoms with van der Waals surface area (Å²) in [6, 6.07) is 25.4. The third-order valence-corrected chi connectivity index (χ3v) is 8.13. The predicted octanol–water partition coefficient (Wildman–Crippen LogP) is 6.14. The van der Waals surface area contributed by atoms with Crippen molar-refractivity contribution in [2.75, 3.05) is 37.7 Å². The summed E-state index contributed by atoms with van der Waals surface area (Å²) >= 11 is 0. The van der Waals surface area contributed by atoms with Crippen LogP contribution < -0.4 is 10.7 Å². The zero-order chi connectivity index (χ0) is 25.7. The fraction of sp³-hybridized carbons (Fsp3) is 0.406. The maximum Gasteiger partial charge on any atom is 0.421 e. The summed E-state index contributed by atoms with van der Waals surface area (Å²) in [5, 5.41) is 0. The molecule has 3 aromatic carbocycles. The van der Waals surface area contributed by atoms with E-state index in [4.69, 9.17) is 9.15 Å². The summed E-state index contributed by atoms with van der Waals surface area (Å²) in [6.07, 6.45) is 6.38. The van der Waals surface area contributed by atoms with Gasteiger partial charge in [-0.25, -0.2) is 9.36 Å². The molecule has 0 unspecified atom stereocenters. The van der Waals surface area contributed by atoms with Crippen LogP contribution in [0, 0.1) is 5.92 Å². The number of para-hydroxylation sites is 1. The number of piperazine rings is 1. The lowest BCUT2D eigenvalue weighted by Crippen LogP contribution is -2.46. The maximum atomic E-state index is 12.7. The molecule has 6 rings (SSSR count). The van der Waals surface area contributed by atoms with Gasteiger partial charge in [0.2, 0.25) is 0 Å². The predicted molar refractivity (Wildman–Crippen MR) is 152 cm³/mol. The first-order valence-electron chi connectivity index (χ1n) is 14.1. The van der Waals surface area contributed by atoms with Crippen LogP contribution in [0.4, 0.5) is 5.69 Å². The highest BCUT2D eigenvalue weighted by atomic mass is 16.5. The van der Waals surface area contributed by atoms with E-state index in [2.05, 4.69) is 70.5 Å². The zero-order valence-electron chi connectivity index (χ0n) is 22.1. The van der Waals surface area contributed by atoms with Gasteiger partial charge in [0.25, 0.3) is 0 Å². The fourth-order valence-electron chi connectivity index (χ4n) is 5.99. The minimum atomic E-state index is -0.340. The van der Waals surface area contributed by atoms with Crippen LogP contribution in [-0.4, -0.2) is 42.3 Å². The van der Waals surface area contributed by atoms with Gasteiger partial charge in [-0.1, -0.05) is 73.9 Å². The molecular formula is C32H37N3O3. The lowest BCUT2D eigenvalue weighted by molar-refractivity contribution is 0.0388. The molecule has 1 aliphatic heterocycles. The Morgan fingerprint density at radius 2 is 1.58 bits per heavy atom. The minimum absolute atomic E-state index is 0.252. The largest absolute Gasteiger partial charge is 0.421 e. The third-order valence-electron chi connectivity index (χ3n) is 8.13. The quantitative estimate of drug-likeness (QED) is 0.285. The SMILES string of the molecule is O=c1oc2c(N3CCN(Cc4cccc(-c5ccccc5)c4)CC3)cccc2n1COCC1CCCCC1. The molecule has 0 amide bonds. The van der Waals surface area contributed by atoms with E-state index in [1.54, 1.807) is 4.57 Å². The number of aromatic nitrogens is 1. The van der Waals surface area contributed by atoms with E-state index in [-0.39, 0.29) is 12.5 Å². The Hall–Kier alpha value is -3.35. The Morgan fingerprint density at radius 1 is 0.816 bits per heavy atom. The number of hydrogen-bond acceptors (Lipinski definition) is 5. The van der Waals surface area contributed by atoms with Crippen LogP contribution in [0.1, 0.15) is 37.7 Å². The van der Waals surface area contributed by atoms with Crippen molar-refractivity contribution in [2.45, 2.75) is 45.4 Å². The third kappa shape index (κ3) is 5.57. The topological polar surface area (TPSA) is 50.9 Å². The highest BCUT2D eigenvalue weighted by Gasteiger charge is 2.22. The molecule has 0 spiro atoms. The molecule has 2 aliphatic rings. The number of rotatable bonds is 8. The van der Waals surface area contributed by atoms with Gasteiger partial charge < -0.3 is 14.1 Å². The molecule has 0 bridgehead atoms. The molecule has 4 aromatic rings. The van der Waals surface area contributed by atoms with Gasteiger partial charge in [-0.2, -0.15) is 0 Å². The van der Waals surface area contributed by atoms with E-state index in [9.17, 15) is 4.79 Å².